The molecule has 14 heteroatoms. The minimum absolute atomic E-state index is 0.0146. The van der Waals surface area contributed by atoms with Gasteiger partial charge in [0.25, 0.3) is 5.56 Å². The van der Waals surface area contributed by atoms with Gasteiger partial charge in [-0.15, -0.1) is 0 Å². The summed E-state index contributed by atoms with van der Waals surface area (Å²) in [7, 11) is -2.42. The molecule has 0 aliphatic rings. The first-order valence-corrected chi connectivity index (χ1v) is 28.7. The van der Waals surface area contributed by atoms with Crippen molar-refractivity contribution in [1.82, 2.24) is 19.3 Å². The Labute approximate surface area is 305 Å². The molecular formula is C37H56N4O7Si3. The van der Waals surface area contributed by atoms with E-state index in [0.29, 0.717) is 48.2 Å². The highest BCUT2D eigenvalue weighted by Gasteiger charge is 2.22. The van der Waals surface area contributed by atoms with E-state index < -0.39 is 24.2 Å². The van der Waals surface area contributed by atoms with Crippen LogP contribution >= 0.6 is 0 Å². The minimum atomic E-state index is -1.36. The molecule has 0 aliphatic heterocycles. The van der Waals surface area contributed by atoms with Crippen LogP contribution in [0.1, 0.15) is 10.4 Å². The summed E-state index contributed by atoms with van der Waals surface area (Å²) in [4.78, 5) is 31.5. The van der Waals surface area contributed by atoms with E-state index in [2.05, 4.69) is 58.9 Å². The van der Waals surface area contributed by atoms with Gasteiger partial charge < -0.3 is 23.7 Å². The summed E-state index contributed by atoms with van der Waals surface area (Å²) < 4.78 is 32.8. The number of methoxy groups -OCH3 is 1. The number of ether oxygens (including phenoxy) is 5. The lowest BCUT2D eigenvalue weighted by molar-refractivity contribution is 0.0202. The first-order valence-electron chi connectivity index (χ1n) is 17.6. The number of imidazole rings is 1. The van der Waals surface area contributed by atoms with Crippen LogP contribution in [0.3, 0.4) is 0 Å². The van der Waals surface area contributed by atoms with Crippen LogP contribution in [0.25, 0.3) is 33.7 Å². The van der Waals surface area contributed by atoms with Crippen molar-refractivity contribution >= 4 is 41.5 Å². The van der Waals surface area contributed by atoms with Gasteiger partial charge in [0.05, 0.1) is 35.0 Å². The summed E-state index contributed by atoms with van der Waals surface area (Å²) >= 11 is 0. The molecule has 2 heterocycles. The van der Waals surface area contributed by atoms with Crippen molar-refractivity contribution in [2.45, 2.75) is 90.5 Å². The number of carbonyl (C=O) groups excluding carboxylic acids is 1. The number of aldehydes is 1. The van der Waals surface area contributed by atoms with Crippen LogP contribution in [0, 0.1) is 0 Å². The maximum absolute atomic E-state index is 14.2. The Morgan fingerprint density at radius 2 is 1.39 bits per heavy atom. The average Bonchev–Trinajstić information content (AvgIpc) is 3.42. The maximum Gasteiger partial charge on any atom is 0.280 e. The number of aromatic nitrogens is 4. The van der Waals surface area contributed by atoms with Crippen LogP contribution in [-0.2, 0) is 27.7 Å². The molecule has 0 aliphatic carbocycles. The quantitative estimate of drug-likeness (QED) is 0.0383. The van der Waals surface area contributed by atoms with Crippen molar-refractivity contribution in [3.8, 4) is 34.1 Å². The number of rotatable bonds is 20. The molecule has 0 spiro atoms. The second-order valence-corrected chi connectivity index (χ2v) is 33.4. The topological polar surface area (TPSA) is 116 Å². The van der Waals surface area contributed by atoms with Crippen molar-refractivity contribution in [3.63, 3.8) is 0 Å². The van der Waals surface area contributed by atoms with E-state index in [0.717, 1.165) is 35.5 Å². The first-order chi connectivity index (χ1) is 24.0. The smallest absolute Gasteiger partial charge is 0.280 e. The normalized spacial score (nSPS) is 12.4. The number of benzene rings is 2. The number of fused-ring (bicyclic) bond motifs is 1. The Kier molecular flexibility index (Phi) is 13.8. The van der Waals surface area contributed by atoms with Crippen molar-refractivity contribution in [2.24, 2.45) is 0 Å². The summed E-state index contributed by atoms with van der Waals surface area (Å²) in [6, 6.07) is 15.9. The molecule has 278 valence electrons. The van der Waals surface area contributed by atoms with Gasteiger partial charge in [0, 0.05) is 49.6 Å². The van der Waals surface area contributed by atoms with Crippen molar-refractivity contribution < 1.29 is 28.5 Å². The van der Waals surface area contributed by atoms with E-state index in [1.54, 1.807) is 18.2 Å². The third-order valence-corrected chi connectivity index (χ3v) is 13.4. The van der Waals surface area contributed by atoms with Crippen LogP contribution in [0.15, 0.2) is 47.3 Å². The van der Waals surface area contributed by atoms with E-state index in [-0.39, 0.29) is 37.1 Å². The SMILES string of the molecule is COc1cc(-c2cc(-c3nc4ccccc4n3COCC[Si](C)(C)C)c(=O)n(COCC[Si](C)(C)C)n2)cc(C=O)c1OCOCC[Si](C)(C)C. The van der Waals surface area contributed by atoms with Gasteiger partial charge in [-0.2, -0.15) is 5.10 Å². The summed E-state index contributed by atoms with van der Waals surface area (Å²) in [5, 5.41) is 4.73. The monoisotopic (exact) mass is 752 g/mol. The molecule has 0 saturated carbocycles. The maximum atomic E-state index is 14.2. The van der Waals surface area contributed by atoms with Crippen LogP contribution in [0.4, 0.5) is 0 Å². The van der Waals surface area contributed by atoms with Gasteiger partial charge in [-0.1, -0.05) is 71.1 Å². The second kappa shape index (κ2) is 17.4. The second-order valence-electron chi connectivity index (χ2n) is 16.5. The average molecular weight is 753 g/mol. The number of hydrogen-bond donors (Lipinski definition) is 0. The summed E-state index contributed by atoms with van der Waals surface area (Å²) in [5.41, 5.74) is 2.87. The van der Waals surface area contributed by atoms with Crippen molar-refractivity contribution in [2.75, 3.05) is 33.7 Å². The molecule has 11 nitrogen and oxygen atoms in total. The predicted molar refractivity (Wildman–Crippen MR) is 212 cm³/mol. The fourth-order valence-electron chi connectivity index (χ4n) is 5.11. The molecule has 4 rings (SSSR count). The number of nitrogens with zero attached hydrogens (tertiary/aromatic N) is 4. The molecule has 0 fully saturated rings. The number of para-hydroxylation sites is 2. The van der Waals surface area contributed by atoms with Crippen LogP contribution in [0.5, 0.6) is 11.5 Å². The largest absolute Gasteiger partial charge is 0.493 e. The van der Waals surface area contributed by atoms with E-state index in [4.69, 9.17) is 33.8 Å². The third-order valence-electron chi connectivity index (χ3n) is 8.31. The van der Waals surface area contributed by atoms with E-state index in [1.165, 1.54) is 11.8 Å². The molecule has 2 aromatic carbocycles. The molecule has 0 bridgehead atoms. The first kappa shape index (κ1) is 40.4. The highest BCUT2D eigenvalue weighted by atomic mass is 28.3. The van der Waals surface area contributed by atoms with Crippen molar-refractivity contribution in [3.05, 3.63) is 58.4 Å². The van der Waals surface area contributed by atoms with E-state index in [9.17, 15) is 9.59 Å². The van der Waals surface area contributed by atoms with Crippen LogP contribution < -0.4 is 15.0 Å². The van der Waals surface area contributed by atoms with Crippen LogP contribution in [-0.4, -0.2) is 83.6 Å². The molecule has 0 amide bonds. The molecule has 0 saturated heterocycles. The molecule has 4 aromatic rings. The molecule has 2 aromatic heterocycles. The molecule has 0 N–H and O–H groups in total. The Bertz CT molecular complexity index is 1840. The van der Waals surface area contributed by atoms with Gasteiger partial charge in [0.1, 0.15) is 19.3 Å². The number of carbonyl (C=O) groups is 1. The predicted octanol–water partition coefficient (Wildman–Crippen LogP) is 8.06. The third kappa shape index (κ3) is 11.8. The Morgan fingerprint density at radius 3 is 2.00 bits per heavy atom. The highest BCUT2D eigenvalue weighted by molar-refractivity contribution is 6.76. The zero-order chi connectivity index (χ0) is 37.4. The van der Waals surface area contributed by atoms with Gasteiger partial charge in [-0.25, -0.2) is 9.67 Å². The molecule has 0 unspecified atom stereocenters. The Hall–Kier alpha value is -3.41. The zero-order valence-corrected chi connectivity index (χ0v) is 35.1. The molecule has 51 heavy (non-hydrogen) atoms. The van der Waals surface area contributed by atoms with E-state index >= 15 is 0 Å². The zero-order valence-electron chi connectivity index (χ0n) is 32.1. The lowest BCUT2D eigenvalue weighted by Crippen LogP contribution is -2.28. The molecule has 0 atom stereocenters. The lowest BCUT2D eigenvalue weighted by Gasteiger charge is -2.18. The Morgan fingerprint density at radius 1 is 0.784 bits per heavy atom. The lowest BCUT2D eigenvalue weighted by atomic mass is 10.0. The van der Waals surface area contributed by atoms with E-state index in [1.807, 2.05) is 28.8 Å². The standard InChI is InChI=1S/C37H56N4O7Si3/c1-44-34-22-28(21-29(24-42)35(34)48-27-47-17-20-51(8,9)10)32-23-30(37(43)41(39-32)26-46-16-19-50(5,6)7)36-38-31-13-11-12-14-33(31)40(36)25-45-15-18-49(2,3)4/h11-14,21-24H,15-20,25-27H2,1-10H3. The van der Waals surface area contributed by atoms with Gasteiger partial charge >= 0.3 is 0 Å². The Balaban J connectivity index is 1.78. The van der Waals surface area contributed by atoms with Crippen LogP contribution in [0.2, 0.25) is 77.1 Å². The fraction of sp³-hybridized carbons (Fsp3) is 0.514. The van der Waals surface area contributed by atoms with Gasteiger partial charge in [-0.3, -0.25) is 14.2 Å². The highest BCUT2D eigenvalue weighted by Crippen LogP contribution is 2.36. The van der Waals surface area contributed by atoms with Gasteiger partial charge in [0.2, 0.25) is 0 Å². The molecular weight excluding hydrogens is 697 g/mol. The fourth-order valence-corrected chi connectivity index (χ4v) is 7.38. The van der Waals surface area contributed by atoms with Gasteiger partial charge in [-0.05, 0) is 48.5 Å². The molecule has 0 radical (unpaired) electrons. The minimum Gasteiger partial charge on any atom is -0.493 e. The van der Waals surface area contributed by atoms with Gasteiger partial charge in [0.15, 0.2) is 24.6 Å². The summed E-state index contributed by atoms with van der Waals surface area (Å²) in [6.45, 7) is 22.5. The van der Waals surface area contributed by atoms with Crippen molar-refractivity contribution in [1.29, 1.82) is 0 Å². The summed E-state index contributed by atoms with van der Waals surface area (Å²) in [6.07, 6.45) is 0.719. The summed E-state index contributed by atoms with van der Waals surface area (Å²) in [5.74, 6) is 1.09. The number of hydrogen-bond acceptors (Lipinski definition) is 9.